The molecule has 0 spiro atoms. The van der Waals surface area contributed by atoms with Gasteiger partial charge in [-0.1, -0.05) is 15.9 Å². The molecule has 102 valence electrons. The lowest BCUT2D eigenvalue weighted by Gasteiger charge is -2.32. The average molecular weight is 341 g/mol. The van der Waals surface area contributed by atoms with Crippen molar-refractivity contribution in [3.63, 3.8) is 0 Å². The van der Waals surface area contributed by atoms with E-state index in [0.717, 1.165) is 6.42 Å². The summed E-state index contributed by atoms with van der Waals surface area (Å²) >= 11 is 5.32. The number of hydrogen-bond acceptors (Lipinski definition) is 1. The molecule has 18 heavy (non-hydrogen) atoms. The van der Waals surface area contributed by atoms with Gasteiger partial charge in [-0.15, -0.1) is 0 Å². The lowest BCUT2D eigenvalue weighted by atomic mass is 9.79. The maximum Gasteiger partial charge on any atom is 0.391 e. The molecule has 1 fully saturated rings. The summed E-state index contributed by atoms with van der Waals surface area (Å²) in [5, 5.41) is 4.14. The third-order valence-electron chi connectivity index (χ3n) is 3.76. The lowest BCUT2D eigenvalue weighted by molar-refractivity contribution is -0.183. The van der Waals surface area contributed by atoms with Gasteiger partial charge in [-0.2, -0.15) is 24.5 Å². The molecule has 1 unspecified atom stereocenters. The Hall–Kier alpha value is -0.0300. The van der Waals surface area contributed by atoms with E-state index >= 15 is 0 Å². The zero-order chi connectivity index (χ0) is 13.2. The standard InChI is InChI=1S/C13H16BrF3S/c14-12(7-9-5-6-18-8-9)10-1-3-11(4-2-10)13(15,16)17/h5-6,8,10-12H,1-4,7H2. The predicted octanol–water partition coefficient (Wildman–Crippen LogP) is 5.42. The van der Waals surface area contributed by atoms with E-state index < -0.39 is 12.1 Å². The van der Waals surface area contributed by atoms with E-state index in [0.29, 0.717) is 36.4 Å². The van der Waals surface area contributed by atoms with Gasteiger partial charge in [0.25, 0.3) is 0 Å². The molecule has 0 saturated heterocycles. The van der Waals surface area contributed by atoms with Crippen molar-refractivity contribution in [2.75, 3.05) is 0 Å². The highest BCUT2D eigenvalue weighted by Gasteiger charge is 2.42. The van der Waals surface area contributed by atoms with Gasteiger partial charge in [-0.05, 0) is 60.4 Å². The first kappa shape index (κ1) is 14.4. The van der Waals surface area contributed by atoms with Crippen LogP contribution in [0.1, 0.15) is 31.2 Å². The van der Waals surface area contributed by atoms with Gasteiger partial charge >= 0.3 is 6.18 Å². The molecular formula is C13H16BrF3S. The third-order valence-corrected chi connectivity index (χ3v) is 5.56. The van der Waals surface area contributed by atoms with E-state index in [4.69, 9.17) is 0 Å². The van der Waals surface area contributed by atoms with Crippen molar-refractivity contribution < 1.29 is 13.2 Å². The van der Waals surface area contributed by atoms with Crippen molar-refractivity contribution >= 4 is 27.3 Å². The van der Waals surface area contributed by atoms with Crippen LogP contribution in [0.4, 0.5) is 13.2 Å². The maximum atomic E-state index is 12.6. The van der Waals surface area contributed by atoms with Crippen LogP contribution < -0.4 is 0 Å². The van der Waals surface area contributed by atoms with Crippen molar-refractivity contribution in [1.82, 2.24) is 0 Å². The van der Waals surface area contributed by atoms with Crippen LogP contribution in [0.25, 0.3) is 0 Å². The topological polar surface area (TPSA) is 0 Å². The van der Waals surface area contributed by atoms with Gasteiger partial charge in [0, 0.05) is 4.83 Å². The molecule has 1 heterocycles. The quantitative estimate of drug-likeness (QED) is 0.644. The van der Waals surface area contributed by atoms with E-state index in [1.54, 1.807) is 11.3 Å². The number of thiophene rings is 1. The highest BCUT2D eigenvalue weighted by molar-refractivity contribution is 9.09. The number of rotatable bonds is 3. The fourth-order valence-electron chi connectivity index (χ4n) is 2.61. The van der Waals surface area contributed by atoms with Crippen LogP contribution in [-0.2, 0) is 6.42 Å². The Morgan fingerprint density at radius 3 is 2.44 bits per heavy atom. The molecule has 1 aliphatic carbocycles. The normalized spacial score (nSPS) is 27.1. The van der Waals surface area contributed by atoms with Crippen LogP contribution in [0, 0.1) is 11.8 Å². The average Bonchev–Trinajstić information content (AvgIpc) is 2.81. The number of hydrogen-bond donors (Lipinski definition) is 0. The molecule has 5 heteroatoms. The molecule has 0 nitrogen and oxygen atoms in total. The van der Waals surface area contributed by atoms with Gasteiger partial charge in [0.1, 0.15) is 0 Å². The highest BCUT2D eigenvalue weighted by Crippen LogP contribution is 2.42. The van der Waals surface area contributed by atoms with E-state index in [1.165, 1.54) is 5.56 Å². The molecule has 0 radical (unpaired) electrons. The SMILES string of the molecule is FC(F)(F)C1CCC(C(Br)Cc2ccsc2)CC1. The molecule has 1 aliphatic rings. The van der Waals surface area contributed by atoms with Crippen molar-refractivity contribution in [3.8, 4) is 0 Å². The largest absolute Gasteiger partial charge is 0.391 e. The van der Waals surface area contributed by atoms with E-state index in [1.807, 2.05) is 5.38 Å². The first-order chi connectivity index (χ1) is 8.47. The summed E-state index contributed by atoms with van der Waals surface area (Å²) in [5.74, 6) is -0.696. The fourth-order valence-corrected chi connectivity index (χ4v) is 4.19. The lowest BCUT2D eigenvalue weighted by Crippen LogP contribution is -2.30. The fraction of sp³-hybridized carbons (Fsp3) is 0.692. The number of halogens is 4. The Labute approximate surface area is 118 Å². The first-order valence-corrected chi connectivity index (χ1v) is 8.04. The van der Waals surface area contributed by atoms with E-state index in [-0.39, 0.29) is 0 Å². The van der Waals surface area contributed by atoms with Gasteiger partial charge in [0.15, 0.2) is 0 Å². The summed E-state index contributed by atoms with van der Waals surface area (Å²) in [7, 11) is 0. The molecule has 0 amide bonds. The second-order valence-corrected chi connectivity index (χ2v) is 6.96. The molecule has 0 aliphatic heterocycles. The Morgan fingerprint density at radius 2 is 1.94 bits per heavy atom. The minimum atomic E-state index is -4.00. The first-order valence-electron chi connectivity index (χ1n) is 6.18. The van der Waals surface area contributed by atoms with Gasteiger partial charge in [-0.3, -0.25) is 0 Å². The summed E-state index contributed by atoms with van der Waals surface area (Å²) < 4.78 is 37.7. The molecule has 1 atom stereocenters. The van der Waals surface area contributed by atoms with Crippen molar-refractivity contribution in [1.29, 1.82) is 0 Å². The molecule has 0 N–H and O–H groups in total. The Bertz CT molecular complexity index is 353. The molecular weight excluding hydrogens is 325 g/mol. The zero-order valence-electron chi connectivity index (χ0n) is 9.92. The second-order valence-electron chi connectivity index (χ2n) is 5.01. The summed E-state index contributed by atoms with van der Waals surface area (Å²) in [4.78, 5) is 0.307. The van der Waals surface area contributed by atoms with Gasteiger partial charge < -0.3 is 0 Å². The van der Waals surface area contributed by atoms with Gasteiger partial charge in [-0.25, -0.2) is 0 Å². The van der Waals surface area contributed by atoms with E-state index in [9.17, 15) is 13.2 Å². The van der Waals surface area contributed by atoms with Crippen molar-refractivity contribution in [2.24, 2.45) is 11.8 Å². The highest BCUT2D eigenvalue weighted by atomic mass is 79.9. The Morgan fingerprint density at radius 1 is 1.28 bits per heavy atom. The summed E-state index contributed by atoms with van der Waals surface area (Å²) in [5.41, 5.74) is 1.28. The van der Waals surface area contributed by atoms with Crippen LogP contribution in [0.2, 0.25) is 0 Å². The molecule has 0 bridgehead atoms. The molecule has 2 rings (SSSR count). The Kier molecular flexibility index (Phi) is 4.75. The van der Waals surface area contributed by atoms with Crippen molar-refractivity contribution in [3.05, 3.63) is 22.4 Å². The number of alkyl halides is 4. The monoisotopic (exact) mass is 340 g/mol. The van der Waals surface area contributed by atoms with Crippen LogP contribution in [-0.4, -0.2) is 11.0 Å². The molecule has 1 aromatic heterocycles. The summed E-state index contributed by atoms with van der Waals surface area (Å²) in [6.07, 6.45) is -1.13. The minimum absolute atomic E-state index is 0.292. The van der Waals surface area contributed by atoms with Gasteiger partial charge in [0.05, 0.1) is 5.92 Å². The molecule has 0 aromatic carbocycles. The van der Waals surface area contributed by atoms with Crippen LogP contribution in [0.5, 0.6) is 0 Å². The second kappa shape index (κ2) is 5.95. The predicted molar refractivity (Wildman–Crippen MR) is 72.2 cm³/mol. The third kappa shape index (κ3) is 3.73. The Balaban J connectivity index is 1.82. The molecule has 1 aromatic rings. The van der Waals surface area contributed by atoms with E-state index in [2.05, 4.69) is 27.4 Å². The minimum Gasteiger partial charge on any atom is -0.171 e. The van der Waals surface area contributed by atoms with Crippen LogP contribution in [0.3, 0.4) is 0 Å². The molecule has 1 saturated carbocycles. The van der Waals surface area contributed by atoms with Crippen molar-refractivity contribution in [2.45, 2.75) is 43.1 Å². The summed E-state index contributed by atoms with van der Waals surface area (Å²) in [6.45, 7) is 0. The van der Waals surface area contributed by atoms with Crippen LogP contribution >= 0.6 is 27.3 Å². The maximum absolute atomic E-state index is 12.6. The summed E-state index contributed by atoms with van der Waals surface area (Å²) in [6, 6.07) is 2.08. The smallest absolute Gasteiger partial charge is 0.171 e. The van der Waals surface area contributed by atoms with Crippen LogP contribution in [0.15, 0.2) is 16.8 Å². The van der Waals surface area contributed by atoms with Gasteiger partial charge in [0.2, 0.25) is 0 Å². The zero-order valence-corrected chi connectivity index (χ0v) is 12.3.